The molecule has 3 aromatic heterocycles. The summed E-state index contributed by atoms with van der Waals surface area (Å²) in [6, 6.07) is 72.5. The van der Waals surface area contributed by atoms with E-state index >= 15 is 0 Å². The van der Waals surface area contributed by atoms with Crippen molar-refractivity contribution >= 4 is 87.4 Å². The molecule has 0 spiro atoms. The van der Waals surface area contributed by atoms with Gasteiger partial charge in [-0.2, -0.15) is 0 Å². The quantitative estimate of drug-likeness (QED) is 0.179. The zero-order chi connectivity index (χ0) is 36.7. The highest BCUT2D eigenvalue weighted by molar-refractivity contribution is 6.13. The molecule has 4 heteroatoms. The molecular formula is C52H33N3O. The fourth-order valence-corrected chi connectivity index (χ4v) is 8.90. The van der Waals surface area contributed by atoms with Crippen molar-refractivity contribution < 1.29 is 4.42 Å². The molecule has 12 rings (SSSR count). The minimum Gasteiger partial charge on any atom is -0.456 e. The summed E-state index contributed by atoms with van der Waals surface area (Å²) in [7, 11) is 0. The first kappa shape index (κ1) is 30.9. The largest absolute Gasteiger partial charge is 0.456 e. The number of hydrogen-bond donors (Lipinski definition) is 0. The second-order valence-electron chi connectivity index (χ2n) is 14.6. The topological polar surface area (TPSA) is 27.9 Å². The molecule has 0 unspecified atom stereocenters. The molecule has 12 aromatic rings. The van der Waals surface area contributed by atoms with Gasteiger partial charge in [0.15, 0.2) is 0 Å². The Balaban J connectivity index is 1.26. The van der Waals surface area contributed by atoms with Crippen LogP contribution in [0.2, 0.25) is 0 Å². The molecule has 0 saturated heterocycles. The highest BCUT2D eigenvalue weighted by atomic mass is 16.3. The number of benzene rings is 9. The average molecular weight is 716 g/mol. The van der Waals surface area contributed by atoms with E-state index in [0.29, 0.717) is 0 Å². The van der Waals surface area contributed by atoms with Crippen LogP contribution in [0.1, 0.15) is 0 Å². The molecule has 0 atom stereocenters. The number of para-hydroxylation sites is 3. The Morgan fingerprint density at radius 1 is 0.304 bits per heavy atom. The fraction of sp³-hybridized carbons (Fsp3) is 0. The number of hydrogen-bond acceptors (Lipinski definition) is 1. The van der Waals surface area contributed by atoms with Gasteiger partial charge in [-0.3, -0.25) is 0 Å². The van der Waals surface area contributed by atoms with Gasteiger partial charge in [0.25, 0.3) is 0 Å². The first-order chi connectivity index (χ1) is 27.7. The molecule has 0 saturated carbocycles. The van der Waals surface area contributed by atoms with Crippen molar-refractivity contribution in [2.45, 2.75) is 0 Å². The second-order valence-corrected chi connectivity index (χ2v) is 14.6. The summed E-state index contributed by atoms with van der Waals surface area (Å²) in [5, 5.41) is 9.28. The molecule has 4 nitrogen and oxygen atoms in total. The summed E-state index contributed by atoms with van der Waals surface area (Å²) in [5.41, 5.74) is 11.6. The van der Waals surface area contributed by atoms with Crippen LogP contribution in [0.15, 0.2) is 205 Å². The van der Waals surface area contributed by atoms with Crippen LogP contribution in [0.4, 0.5) is 0 Å². The third-order valence-corrected chi connectivity index (χ3v) is 11.4. The van der Waals surface area contributed by atoms with Crippen molar-refractivity contribution in [3.8, 4) is 17.1 Å². The lowest BCUT2D eigenvalue weighted by molar-refractivity contribution is 0.669. The van der Waals surface area contributed by atoms with Crippen LogP contribution in [0.5, 0.6) is 0 Å². The van der Waals surface area contributed by atoms with Crippen molar-refractivity contribution in [3.05, 3.63) is 200 Å². The Morgan fingerprint density at radius 2 is 0.875 bits per heavy atom. The van der Waals surface area contributed by atoms with Gasteiger partial charge in [-0.25, -0.2) is 0 Å². The van der Waals surface area contributed by atoms with E-state index in [1.807, 2.05) is 0 Å². The SMILES string of the molecule is c1ccc(-n2c3ccccc3c3cccc(-n4c5cccc(c5)c5cccc(c5)n(-c5ccc6ccccc6c5)c5ccc6oc7ccc4cc7c6c5)c32)cc1. The Kier molecular flexibility index (Phi) is 6.60. The molecular weight excluding hydrogens is 683 g/mol. The van der Waals surface area contributed by atoms with Crippen LogP contribution in [0.3, 0.4) is 0 Å². The Bertz CT molecular complexity index is 3600. The molecule has 0 amide bonds. The molecule has 8 bridgehead atoms. The van der Waals surface area contributed by atoms with E-state index in [0.717, 1.165) is 77.4 Å². The van der Waals surface area contributed by atoms with Gasteiger partial charge < -0.3 is 18.1 Å². The third-order valence-electron chi connectivity index (χ3n) is 11.4. The number of rotatable bonds is 3. The smallest absolute Gasteiger partial charge is 0.135 e. The van der Waals surface area contributed by atoms with Crippen LogP contribution < -0.4 is 0 Å². The molecule has 9 aromatic carbocycles. The minimum absolute atomic E-state index is 0.859. The van der Waals surface area contributed by atoms with E-state index in [1.54, 1.807) is 0 Å². The van der Waals surface area contributed by atoms with E-state index in [4.69, 9.17) is 4.42 Å². The first-order valence-electron chi connectivity index (χ1n) is 19.1. The zero-order valence-corrected chi connectivity index (χ0v) is 30.3. The van der Waals surface area contributed by atoms with Gasteiger partial charge in [-0.15, -0.1) is 0 Å². The Morgan fingerprint density at radius 3 is 1.64 bits per heavy atom. The summed E-state index contributed by atoms with van der Waals surface area (Å²) in [6.45, 7) is 0. The van der Waals surface area contributed by atoms with Crippen LogP contribution in [-0.2, 0) is 0 Å². The number of fused-ring (bicyclic) bond motifs is 11. The lowest BCUT2D eigenvalue weighted by Crippen LogP contribution is -2.02. The second kappa shape index (κ2) is 12.0. The molecule has 0 radical (unpaired) electrons. The van der Waals surface area contributed by atoms with Crippen molar-refractivity contribution in [2.75, 3.05) is 0 Å². The first-order valence-corrected chi connectivity index (χ1v) is 19.1. The third kappa shape index (κ3) is 4.66. The van der Waals surface area contributed by atoms with Crippen LogP contribution in [-0.4, -0.2) is 13.7 Å². The minimum atomic E-state index is 0.859. The van der Waals surface area contributed by atoms with E-state index in [9.17, 15) is 0 Å². The summed E-state index contributed by atoms with van der Waals surface area (Å²) in [5.74, 6) is 0. The van der Waals surface area contributed by atoms with Crippen molar-refractivity contribution in [2.24, 2.45) is 0 Å². The van der Waals surface area contributed by atoms with E-state index in [2.05, 4.69) is 214 Å². The summed E-state index contributed by atoms with van der Waals surface area (Å²) in [4.78, 5) is 0. The van der Waals surface area contributed by atoms with Gasteiger partial charge in [0.2, 0.25) is 0 Å². The van der Waals surface area contributed by atoms with Gasteiger partial charge in [0.05, 0.1) is 16.7 Å². The molecule has 0 fully saturated rings. The lowest BCUT2D eigenvalue weighted by Gasteiger charge is -2.16. The molecule has 0 aliphatic rings. The van der Waals surface area contributed by atoms with Crippen LogP contribution in [0, 0.1) is 0 Å². The van der Waals surface area contributed by atoms with Gasteiger partial charge in [0, 0.05) is 55.0 Å². The van der Waals surface area contributed by atoms with Crippen LogP contribution in [0.25, 0.3) is 104 Å². The maximum atomic E-state index is 6.56. The van der Waals surface area contributed by atoms with E-state index < -0.39 is 0 Å². The number of furan rings is 1. The Labute approximate surface area is 321 Å². The maximum absolute atomic E-state index is 6.56. The fourth-order valence-electron chi connectivity index (χ4n) is 8.90. The highest BCUT2D eigenvalue weighted by Gasteiger charge is 2.18. The normalized spacial score (nSPS) is 11.9. The summed E-state index contributed by atoms with van der Waals surface area (Å²) in [6.07, 6.45) is 0. The van der Waals surface area contributed by atoms with Gasteiger partial charge in [-0.1, -0.05) is 103 Å². The summed E-state index contributed by atoms with van der Waals surface area (Å²) >= 11 is 0. The van der Waals surface area contributed by atoms with E-state index in [1.165, 1.54) is 27.1 Å². The molecule has 0 N–H and O–H groups in total. The predicted octanol–water partition coefficient (Wildman–Crippen LogP) is 14.0. The van der Waals surface area contributed by atoms with Crippen LogP contribution >= 0.6 is 0 Å². The monoisotopic (exact) mass is 715 g/mol. The van der Waals surface area contributed by atoms with Crippen molar-refractivity contribution in [1.29, 1.82) is 0 Å². The van der Waals surface area contributed by atoms with Crippen molar-refractivity contribution in [3.63, 3.8) is 0 Å². The molecule has 3 heterocycles. The average Bonchev–Trinajstić information content (AvgIpc) is 3.80. The zero-order valence-electron chi connectivity index (χ0n) is 30.3. The van der Waals surface area contributed by atoms with Gasteiger partial charge >= 0.3 is 0 Å². The highest BCUT2D eigenvalue weighted by Crippen LogP contribution is 2.38. The van der Waals surface area contributed by atoms with Gasteiger partial charge in [-0.05, 0) is 119 Å². The number of aromatic nitrogens is 3. The number of nitrogens with zero attached hydrogens (tertiary/aromatic N) is 3. The van der Waals surface area contributed by atoms with Gasteiger partial charge in [0.1, 0.15) is 11.2 Å². The molecule has 0 aliphatic heterocycles. The molecule has 56 heavy (non-hydrogen) atoms. The Hall–Kier alpha value is -7.56. The molecule has 262 valence electrons. The predicted molar refractivity (Wildman–Crippen MR) is 234 cm³/mol. The summed E-state index contributed by atoms with van der Waals surface area (Å²) < 4.78 is 13.8. The van der Waals surface area contributed by atoms with E-state index in [-0.39, 0.29) is 0 Å². The lowest BCUT2D eigenvalue weighted by atomic mass is 10.1. The standard InChI is InChI=1S/C52H33N3O/c1-2-15-38(16-3-1)55-48-21-7-6-19-44(48)45-20-10-22-49(52(45)55)54-40-18-9-14-37(31-40)36-13-8-17-39(30-36)53(41-24-23-34-11-4-5-12-35(34)29-41)42-25-27-50-46(32-42)47-33-43(54)26-28-51(47)56-50/h1-33H. The maximum Gasteiger partial charge on any atom is 0.135 e. The molecule has 0 aliphatic carbocycles. The van der Waals surface area contributed by atoms with Crippen molar-refractivity contribution in [1.82, 2.24) is 13.7 Å².